The van der Waals surface area contributed by atoms with Gasteiger partial charge in [0.2, 0.25) is 0 Å². The van der Waals surface area contributed by atoms with Crippen LogP contribution < -0.4 is 0 Å². The summed E-state index contributed by atoms with van der Waals surface area (Å²) in [6.45, 7) is 4.24. The fraction of sp³-hybridized carbons (Fsp3) is 0.700. The largest absolute Gasteiger partial charge is 0.276 e. The van der Waals surface area contributed by atoms with Crippen LogP contribution in [0.4, 0.5) is 0 Å². The van der Waals surface area contributed by atoms with Crippen molar-refractivity contribution in [2.24, 2.45) is 13.0 Å². The molecular weight excluding hydrogens is 184 g/mol. The first-order chi connectivity index (χ1) is 6.09. The predicted octanol–water partition coefficient (Wildman–Crippen LogP) is 2.62. The van der Waals surface area contributed by atoms with Crippen molar-refractivity contribution in [3.63, 3.8) is 0 Å². The summed E-state index contributed by atoms with van der Waals surface area (Å²) in [5.74, 6) is 0.571. The molecule has 1 heterocycles. The third-order valence-electron chi connectivity index (χ3n) is 2.43. The quantitative estimate of drug-likeness (QED) is 0.684. The lowest BCUT2D eigenvalue weighted by Gasteiger charge is -2.12. The second-order valence-electron chi connectivity index (χ2n) is 3.72. The topological polar surface area (TPSA) is 17.8 Å². The first-order valence-corrected chi connectivity index (χ1v) is 5.15. The van der Waals surface area contributed by atoms with Crippen molar-refractivity contribution >= 4 is 11.6 Å². The van der Waals surface area contributed by atoms with Gasteiger partial charge in [-0.1, -0.05) is 6.92 Å². The molecule has 2 nitrogen and oxygen atoms in total. The minimum atomic E-state index is 0.261. The maximum absolute atomic E-state index is 5.98. The Morgan fingerprint density at radius 1 is 1.54 bits per heavy atom. The summed E-state index contributed by atoms with van der Waals surface area (Å²) in [5, 5.41) is 4.38. The zero-order valence-electron chi connectivity index (χ0n) is 8.50. The molecule has 0 saturated heterocycles. The molecule has 1 aromatic heterocycles. The van der Waals surface area contributed by atoms with Gasteiger partial charge in [0.15, 0.2) is 0 Å². The molecule has 13 heavy (non-hydrogen) atoms. The molecule has 0 radical (unpaired) electrons. The summed E-state index contributed by atoms with van der Waals surface area (Å²) in [7, 11) is 1.94. The molecule has 0 spiro atoms. The Labute approximate surface area is 84.9 Å². The zero-order valence-corrected chi connectivity index (χ0v) is 9.25. The van der Waals surface area contributed by atoms with Crippen molar-refractivity contribution in [3.05, 3.63) is 18.0 Å². The van der Waals surface area contributed by atoms with Gasteiger partial charge >= 0.3 is 0 Å². The lowest BCUT2D eigenvalue weighted by atomic mass is 10.0. The third-order valence-corrected chi connectivity index (χ3v) is 2.86. The van der Waals surface area contributed by atoms with E-state index in [0.29, 0.717) is 5.92 Å². The molecule has 0 amide bonds. The van der Waals surface area contributed by atoms with Crippen molar-refractivity contribution in [1.29, 1.82) is 0 Å². The number of hydrogen-bond acceptors (Lipinski definition) is 1. The zero-order chi connectivity index (χ0) is 9.84. The molecule has 2 unspecified atom stereocenters. The van der Waals surface area contributed by atoms with E-state index in [2.05, 4.69) is 25.1 Å². The Bertz CT molecular complexity index is 255. The summed E-state index contributed by atoms with van der Waals surface area (Å²) in [6.07, 6.45) is 6.19. The molecule has 74 valence electrons. The second-order valence-corrected chi connectivity index (χ2v) is 4.40. The van der Waals surface area contributed by atoms with E-state index in [1.54, 1.807) is 0 Å². The maximum atomic E-state index is 5.98. The van der Waals surface area contributed by atoms with E-state index in [0.717, 1.165) is 12.8 Å². The Morgan fingerprint density at radius 3 is 2.69 bits per heavy atom. The normalized spacial score (nSPS) is 15.7. The van der Waals surface area contributed by atoms with Crippen LogP contribution in [0.25, 0.3) is 0 Å². The highest BCUT2D eigenvalue weighted by atomic mass is 35.5. The monoisotopic (exact) mass is 200 g/mol. The highest BCUT2D eigenvalue weighted by Crippen LogP contribution is 2.16. The predicted molar refractivity (Wildman–Crippen MR) is 56.0 cm³/mol. The lowest BCUT2D eigenvalue weighted by molar-refractivity contribution is 0.523. The molecule has 0 saturated carbocycles. The fourth-order valence-electron chi connectivity index (χ4n) is 1.22. The second kappa shape index (κ2) is 4.66. The van der Waals surface area contributed by atoms with Crippen molar-refractivity contribution in [2.75, 3.05) is 0 Å². The standard InChI is InChI=1S/C10H17ClN2/c1-8(9(2)11)4-5-10-6-12-13(3)7-10/h6-9H,4-5H2,1-3H3. The summed E-state index contributed by atoms with van der Waals surface area (Å²) in [6, 6.07) is 0. The molecule has 0 aliphatic heterocycles. The number of rotatable bonds is 4. The van der Waals surface area contributed by atoms with Crippen LogP contribution in [-0.4, -0.2) is 15.2 Å². The molecule has 1 aromatic rings. The number of halogens is 1. The molecule has 0 aliphatic rings. The molecule has 0 fully saturated rings. The summed E-state index contributed by atoms with van der Waals surface area (Å²) < 4.78 is 1.84. The van der Waals surface area contributed by atoms with Crippen LogP contribution in [0, 0.1) is 5.92 Å². The van der Waals surface area contributed by atoms with Gasteiger partial charge in [-0.05, 0) is 31.2 Å². The number of hydrogen-bond donors (Lipinski definition) is 0. The minimum absolute atomic E-state index is 0.261. The van der Waals surface area contributed by atoms with Gasteiger partial charge in [0.25, 0.3) is 0 Å². The van der Waals surface area contributed by atoms with Crippen molar-refractivity contribution in [2.45, 2.75) is 32.1 Å². The Morgan fingerprint density at radius 2 is 2.23 bits per heavy atom. The molecular formula is C10H17ClN2. The van der Waals surface area contributed by atoms with Crippen LogP contribution in [0.5, 0.6) is 0 Å². The van der Waals surface area contributed by atoms with Gasteiger partial charge in [0, 0.05) is 18.6 Å². The average Bonchev–Trinajstić information content (AvgIpc) is 2.47. The van der Waals surface area contributed by atoms with Crippen LogP contribution in [0.3, 0.4) is 0 Å². The van der Waals surface area contributed by atoms with Gasteiger partial charge in [0.1, 0.15) is 0 Å². The van der Waals surface area contributed by atoms with Crippen molar-refractivity contribution < 1.29 is 0 Å². The van der Waals surface area contributed by atoms with E-state index in [-0.39, 0.29) is 5.38 Å². The molecule has 0 N–H and O–H groups in total. The minimum Gasteiger partial charge on any atom is -0.276 e. The van der Waals surface area contributed by atoms with E-state index >= 15 is 0 Å². The van der Waals surface area contributed by atoms with Gasteiger partial charge in [-0.2, -0.15) is 5.10 Å². The smallest absolute Gasteiger partial charge is 0.0521 e. The van der Waals surface area contributed by atoms with Gasteiger partial charge in [-0.25, -0.2) is 0 Å². The Kier molecular flexibility index (Phi) is 3.79. The average molecular weight is 201 g/mol. The first-order valence-electron chi connectivity index (χ1n) is 4.71. The summed E-state index contributed by atoms with van der Waals surface area (Å²) in [4.78, 5) is 0. The molecule has 3 heteroatoms. The van der Waals surface area contributed by atoms with Gasteiger partial charge in [-0.15, -0.1) is 11.6 Å². The van der Waals surface area contributed by atoms with Crippen LogP contribution >= 0.6 is 11.6 Å². The molecule has 0 aliphatic carbocycles. The van der Waals surface area contributed by atoms with Gasteiger partial charge in [-0.3, -0.25) is 4.68 Å². The van der Waals surface area contributed by atoms with E-state index in [4.69, 9.17) is 11.6 Å². The molecule has 2 atom stereocenters. The number of alkyl halides is 1. The highest BCUT2D eigenvalue weighted by Gasteiger charge is 2.09. The van der Waals surface area contributed by atoms with Crippen LogP contribution in [0.2, 0.25) is 0 Å². The summed E-state index contributed by atoms with van der Waals surface area (Å²) in [5.41, 5.74) is 1.30. The van der Waals surface area contributed by atoms with E-state index in [1.807, 2.05) is 17.9 Å². The Hall–Kier alpha value is -0.500. The SMILES string of the molecule is CC(Cl)C(C)CCc1cnn(C)c1. The molecule has 0 bridgehead atoms. The first kappa shape index (κ1) is 10.6. The van der Waals surface area contributed by atoms with E-state index < -0.39 is 0 Å². The van der Waals surface area contributed by atoms with Crippen LogP contribution in [0.1, 0.15) is 25.8 Å². The van der Waals surface area contributed by atoms with Gasteiger partial charge in [0.05, 0.1) is 6.20 Å². The van der Waals surface area contributed by atoms with Crippen LogP contribution in [-0.2, 0) is 13.5 Å². The van der Waals surface area contributed by atoms with Crippen molar-refractivity contribution in [3.8, 4) is 0 Å². The lowest BCUT2D eigenvalue weighted by Crippen LogP contribution is -2.07. The fourth-order valence-corrected chi connectivity index (χ4v) is 1.35. The van der Waals surface area contributed by atoms with E-state index in [9.17, 15) is 0 Å². The maximum Gasteiger partial charge on any atom is 0.0521 e. The third kappa shape index (κ3) is 3.39. The molecule has 0 aromatic carbocycles. The Balaban J connectivity index is 2.35. The highest BCUT2D eigenvalue weighted by molar-refractivity contribution is 6.20. The number of nitrogens with zero attached hydrogens (tertiary/aromatic N) is 2. The summed E-state index contributed by atoms with van der Waals surface area (Å²) >= 11 is 5.98. The van der Waals surface area contributed by atoms with Gasteiger partial charge < -0.3 is 0 Å². The van der Waals surface area contributed by atoms with E-state index in [1.165, 1.54) is 5.56 Å². The molecule has 1 rings (SSSR count). The van der Waals surface area contributed by atoms with Crippen molar-refractivity contribution in [1.82, 2.24) is 9.78 Å². The number of aromatic nitrogens is 2. The van der Waals surface area contributed by atoms with Crippen LogP contribution in [0.15, 0.2) is 12.4 Å². The number of aryl methyl sites for hydroxylation is 2.